The third kappa shape index (κ3) is 4.93. The number of nitrogens with zero attached hydrogens (tertiary/aromatic N) is 1. The van der Waals surface area contributed by atoms with Crippen LogP contribution in [0.15, 0.2) is 47.4 Å². The van der Waals surface area contributed by atoms with Crippen LogP contribution in [0.5, 0.6) is 5.75 Å². The third-order valence-corrected chi connectivity index (χ3v) is 6.56. The largest absolute Gasteiger partial charge is 0.495 e. The van der Waals surface area contributed by atoms with Crippen molar-refractivity contribution in [3.05, 3.63) is 53.6 Å². The number of nitrogens with one attached hydrogen (secondary N) is 1. The molecule has 1 saturated carbocycles. The lowest BCUT2D eigenvalue weighted by Gasteiger charge is -2.23. The van der Waals surface area contributed by atoms with Gasteiger partial charge in [0.1, 0.15) is 5.75 Å². The summed E-state index contributed by atoms with van der Waals surface area (Å²) in [7, 11) is -2.55. The van der Waals surface area contributed by atoms with E-state index in [9.17, 15) is 26.4 Å². The van der Waals surface area contributed by atoms with Gasteiger partial charge in [0.2, 0.25) is 15.9 Å². The number of rotatable bonds is 7. The monoisotopic (exact) mass is 442 g/mol. The summed E-state index contributed by atoms with van der Waals surface area (Å²) < 4.78 is 71.3. The smallest absolute Gasteiger partial charge is 0.416 e. The van der Waals surface area contributed by atoms with E-state index in [2.05, 4.69) is 5.32 Å². The molecule has 6 nitrogen and oxygen atoms in total. The molecular formula is C20H21F3N2O4S. The Bertz CT molecular complexity index is 1030. The molecule has 0 unspecified atom stereocenters. The van der Waals surface area contributed by atoms with Crippen molar-refractivity contribution in [2.45, 2.75) is 43.4 Å². The Morgan fingerprint density at radius 3 is 2.30 bits per heavy atom. The summed E-state index contributed by atoms with van der Waals surface area (Å²) in [4.78, 5) is 11.4. The first kappa shape index (κ1) is 22.1. The number of anilines is 1. The van der Waals surface area contributed by atoms with Crippen LogP contribution in [0.3, 0.4) is 0 Å². The number of alkyl halides is 3. The molecule has 0 aromatic heterocycles. The number of amides is 1. The second kappa shape index (κ2) is 8.27. The average molecular weight is 442 g/mol. The molecular weight excluding hydrogens is 421 g/mol. The van der Waals surface area contributed by atoms with Crippen molar-refractivity contribution in [1.82, 2.24) is 4.31 Å². The maximum absolute atomic E-state index is 13.3. The first-order valence-electron chi connectivity index (χ1n) is 9.16. The Kier molecular flexibility index (Phi) is 6.09. The van der Waals surface area contributed by atoms with Crippen LogP contribution in [0, 0.1) is 0 Å². The zero-order valence-corrected chi connectivity index (χ0v) is 17.2. The van der Waals surface area contributed by atoms with Gasteiger partial charge in [0.15, 0.2) is 0 Å². The topological polar surface area (TPSA) is 75.7 Å². The standard InChI is InChI=1S/C20H21F3N2O4S/c1-13(26)24-18-11-17(9-10-19(18)29-2)30(27,28)25(16-7-8-16)12-14-3-5-15(6-4-14)20(21,22)23/h3-6,9-11,16H,7-8,12H2,1-2H3,(H,24,26). The number of methoxy groups -OCH3 is 1. The number of halogens is 3. The van der Waals surface area contributed by atoms with Gasteiger partial charge in [-0.2, -0.15) is 17.5 Å². The summed E-state index contributed by atoms with van der Waals surface area (Å²) in [5.74, 6) is -0.0727. The summed E-state index contributed by atoms with van der Waals surface area (Å²) in [6.07, 6.45) is -3.10. The van der Waals surface area contributed by atoms with E-state index in [-0.39, 0.29) is 29.1 Å². The van der Waals surface area contributed by atoms with E-state index in [0.29, 0.717) is 24.2 Å². The Hall–Kier alpha value is -2.59. The molecule has 1 aliphatic carbocycles. The number of ether oxygens (including phenoxy) is 1. The van der Waals surface area contributed by atoms with Gasteiger partial charge in [0.25, 0.3) is 0 Å². The summed E-state index contributed by atoms with van der Waals surface area (Å²) in [5, 5.41) is 2.54. The quantitative estimate of drug-likeness (QED) is 0.703. The van der Waals surface area contributed by atoms with E-state index in [0.717, 1.165) is 12.1 Å². The fourth-order valence-corrected chi connectivity index (χ4v) is 4.72. The van der Waals surface area contributed by atoms with Gasteiger partial charge in [-0.3, -0.25) is 4.79 Å². The molecule has 0 heterocycles. The Labute approximate surface area is 172 Å². The Morgan fingerprint density at radius 2 is 1.80 bits per heavy atom. The molecule has 1 N–H and O–H groups in total. The van der Waals surface area contributed by atoms with E-state index in [1.54, 1.807) is 0 Å². The van der Waals surface area contributed by atoms with Crippen LogP contribution >= 0.6 is 0 Å². The molecule has 0 radical (unpaired) electrons. The van der Waals surface area contributed by atoms with Gasteiger partial charge in [-0.15, -0.1) is 0 Å². The highest BCUT2D eigenvalue weighted by atomic mass is 32.2. The van der Waals surface area contributed by atoms with Crippen LogP contribution in [0.25, 0.3) is 0 Å². The van der Waals surface area contributed by atoms with E-state index < -0.39 is 21.8 Å². The van der Waals surface area contributed by atoms with Crippen LogP contribution < -0.4 is 10.1 Å². The minimum Gasteiger partial charge on any atom is -0.495 e. The average Bonchev–Trinajstić information content (AvgIpc) is 3.50. The fourth-order valence-electron chi connectivity index (χ4n) is 3.02. The minimum absolute atomic E-state index is 0.0362. The van der Waals surface area contributed by atoms with Crippen LogP contribution in [-0.4, -0.2) is 31.8 Å². The summed E-state index contributed by atoms with van der Waals surface area (Å²) in [6.45, 7) is 1.24. The lowest BCUT2D eigenvalue weighted by molar-refractivity contribution is -0.137. The number of carbonyl (C=O) groups excluding carboxylic acids is 1. The van der Waals surface area contributed by atoms with E-state index in [1.807, 2.05) is 0 Å². The van der Waals surface area contributed by atoms with Crippen molar-refractivity contribution in [2.75, 3.05) is 12.4 Å². The van der Waals surface area contributed by atoms with Gasteiger partial charge in [0, 0.05) is 19.5 Å². The van der Waals surface area contributed by atoms with Gasteiger partial charge in [-0.1, -0.05) is 12.1 Å². The molecule has 2 aromatic carbocycles. The van der Waals surface area contributed by atoms with Crippen LogP contribution in [0.4, 0.5) is 18.9 Å². The van der Waals surface area contributed by atoms with Crippen LogP contribution in [0.1, 0.15) is 30.9 Å². The highest BCUT2D eigenvalue weighted by molar-refractivity contribution is 7.89. The number of sulfonamides is 1. The number of hydrogen-bond acceptors (Lipinski definition) is 4. The molecule has 0 aliphatic heterocycles. The van der Waals surface area contributed by atoms with Crippen molar-refractivity contribution in [3.8, 4) is 5.75 Å². The second-order valence-electron chi connectivity index (χ2n) is 7.02. The van der Waals surface area contributed by atoms with Crippen molar-refractivity contribution in [1.29, 1.82) is 0 Å². The van der Waals surface area contributed by atoms with Crippen molar-refractivity contribution in [3.63, 3.8) is 0 Å². The zero-order valence-electron chi connectivity index (χ0n) is 16.4. The Balaban J connectivity index is 1.91. The van der Waals surface area contributed by atoms with Crippen molar-refractivity contribution < 1.29 is 31.1 Å². The predicted molar refractivity (Wildman–Crippen MR) is 104 cm³/mol. The lowest BCUT2D eigenvalue weighted by atomic mass is 10.1. The fraction of sp³-hybridized carbons (Fsp3) is 0.350. The molecule has 1 aliphatic rings. The zero-order chi connectivity index (χ0) is 22.1. The SMILES string of the molecule is COc1ccc(S(=O)(=O)N(Cc2ccc(C(F)(F)F)cc2)C2CC2)cc1NC(C)=O. The second-order valence-corrected chi connectivity index (χ2v) is 8.91. The lowest BCUT2D eigenvalue weighted by Crippen LogP contribution is -2.32. The molecule has 1 fully saturated rings. The Morgan fingerprint density at radius 1 is 1.17 bits per heavy atom. The molecule has 3 rings (SSSR count). The summed E-state index contributed by atoms with van der Waals surface area (Å²) in [5.41, 5.74) is -0.118. The molecule has 10 heteroatoms. The predicted octanol–water partition coefficient (Wildman–Crippen LogP) is 4.03. The maximum Gasteiger partial charge on any atom is 0.416 e. The first-order valence-corrected chi connectivity index (χ1v) is 10.6. The molecule has 2 aromatic rings. The van der Waals surface area contributed by atoms with E-state index in [1.165, 1.54) is 48.7 Å². The molecule has 162 valence electrons. The van der Waals surface area contributed by atoms with E-state index in [4.69, 9.17) is 4.74 Å². The van der Waals surface area contributed by atoms with Crippen molar-refractivity contribution in [2.24, 2.45) is 0 Å². The van der Waals surface area contributed by atoms with Crippen LogP contribution in [0.2, 0.25) is 0 Å². The number of carbonyl (C=O) groups is 1. The first-order chi connectivity index (χ1) is 14.0. The normalized spacial score (nSPS) is 14.6. The van der Waals surface area contributed by atoms with Gasteiger partial charge >= 0.3 is 6.18 Å². The summed E-state index contributed by atoms with van der Waals surface area (Å²) >= 11 is 0. The number of hydrogen-bond donors (Lipinski definition) is 1. The van der Waals surface area contributed by atoms with Crippen molar-refractivity contribution >= 4 is 21.6 Å². The molecule has 0 spiro atoms. The molecule has 0 bridgehead atoms. The van der Waals surface area contributed by atoms with Gasteiger partial charge in [0.05, 0.1) is 23.3 Å². The van der Waals surface area contributed by atoms with Gasteiger partial charge in [-0.25, -0.2) is 8.42 Å². The molecule has 0 atom stereocenters. The third-order valence-electron chi connectivity index (χ3n) is 4.66. The summed E-state index contributed by atoms with van der Waals surface area (Å²) in [6, 6.07) is 8.36. The van der Waals surface area contributed by atoms with Crippen LogP contribution in [-0.2, 0) is 27.5 Å². The molecule has 1 amide bonds. The minimum atomic E-state index is -4.45. The van der Waals surface area contributed by atoms with E-state index >= 15 is 0 Å². The highest BCUT2D eigenvalue weighted by Gasteiger charge is 2.38. The van der Waals surface area contributed by atoms with Gasteiger partial charge in [-0.05, 0) is 48.7 Å². The molecule has 0 saturated heterocycles. The highest BCUT2D eigenvalue weighted by Crippen LogP contribution is 2.36. The maximum atomic E-state index is 13.3. The number of benzene rings is 2. The molecule has 30 heavy (non-hydrogen) atoms. The van der Waals surface area contributed by atoms with Gasteiger partial charge < -0.3 is 10.1 Å².